The minimum absolute atomic E-state index is 0.436. The quantitative estimate of drug-likeness (QED) is 0.871. The van der Waals surface area contributed by atoms with Gasteiger partial charge in [0.15, 0.2) is 5.65 Å². The van der Waals surface area contributed by atoms with Crippen molar-refractivity contribution in [2.75, 3.05) is 26.3 Å². The molecular weight excluding hydrogens is 288 g/mol. The molecule has 1 atom stereocenters. The minimum atomic E-state index is 0.436. The molecule has 4 rings (SSSR count). The van der Waals surface area contributed by atoms with Gasteiger partial charge in [0.1, 0.15) is 11.3 Å². The van der Waals surface area contributed by atoms with Crippen LogP contribution in [0, 0.1) is 0 Å². The van der Waals surface area contributed by atoms with Gasteiger partial charge in [-0.15, -0.1) is 0 Å². The molecule has 2 aromatic heterocycles. The maximum atomic E-state index is 5.57. The first-order valence-electron chi connectivity index (χ1n) is 9.03. The molecule has 0 amide bonds. The van der Waals surface area contributed by atoms with Crippen LogP contribution >= 0.6 is 0 Å². The largest absolute Gasteiger partial charge is 0.381 e. The van der Waals surface area contributed by atoms with Crippen LogP contribution in [0.1, 0.15) is 56.9 Å². The van der Waals surface area contributed by atoms with E-state index in [1.54, 1.807) is 0 Å². The van der Waals surface area contributed by atoms with Crippen LogP contribution in [0.4, 0.5) is 0 Å². The standard InChI is InChI=1S/C18H26N4O/c1-2-21-11-4-3-7-16(21)18-20-15-6-5-10-19-17(15)22(18)14-8-12-23-13-9-14/h5-6,10,14,16H,2-4,7-9,11-13H2,1H3. The number of aromatic nitrogens is 3. The molecule has 5 heteroatoms. The summed E-state index contributed by atoms with van der Waals surface area (Å²) < 4.78 is 8.01. The van der Waals surface area contributed by atoms with Crippen molar-refractivity contribution in [3.63, 3.8) is 0 Å². The molecular formula is C18H26N4O. The van der Waals surface area contributed by atoms with Crippen LogP contribution in [0.5, 0.6) is 0 Å². The van der Waals surface area contributed by atoms with Gasteiger partial charge in [0.2, 0.25) is 0 Å². The van der Waals surface area contributed by atoms with Crippen molar-refractivity contribution in [2.24, 2.45) is 0 Å². The third-order valence-corrected chi connectivity index (χ3v) is 5.35. The lowest BCUT2D eigenvalue weighted by Gasteiger charge is -2.36. The molecule has 0 spiro atoms. The van der Waals surface area contributed by atoms with E-state index in [0.29, 0.717) is 12.1 Å². The predicted octanol–water partition coefficient (Wildman–Crippen LogP) is 3.33. The summed E-state index contributed by atoms with van der Waals surface area (Å²) in [5.41, 5.74) is 2.09. The first kappa shape index (κ1) is 15.1. The van der Waals surface area contributed by atoms with Gasteiger partial charge < -0.3 is 9.30 Å². The molecule has 0 aliphatic carbocycles. The molecule has 2 aromatic rings. The molecule has 1 unspecified atom stereocenters. The van der Waals surface area contributed by atoms with Crippen molar-refractivity contribution in [1.82, 2.24) is 19.4 Å². The summed E-state index contributed by atoms with van der Waals surface area (Å²) >= 11 is 0. The lowest BCUT2D eigenvalue weighted by molar-refractivity contribution is 0.0665. The van der Waals surface area contributed by atoms with Gasteiger partial charge in [-0.05, 0) is 50.9 Å². The van der Waals surface area contributed by atoms with Gasteiger partial charge >= 0.3 is 0 Å². The Balaban J connectivity index is 1.81. The van der Waals surface area contributed by atoms with Crippen LogP contribution in [-0.2, 0) is 4.74 Å². The van der Waals surface area contributed by atoms with Crippen LogP contribution in [0.2, 0.25) is 0 Å². The number of rotatable bonds is 3. The highest BCUT2D eigenvalue weighted by Gasteiger charge is 2.31. The fourth-order valence-corrected chi connectivity index (χ4v) is 4.15. The number of hydrogen-bond acceptors (Lipinski definition) is 4. The molecule has 2 saturated heterocycles. The normalized spacial score (nSPS) is 24.3. The Kier molecular flexibility index (Phi) is 4.31. The highest BCUT2D eigenvalue weighted by molar-refractivity contribution is 5.71. The number of imidazole rings is 1. The molecule has 2 aliphatic rings. The monoisotopic (exact) mass is 314 g/mol. The van der Waals surface area contributed by atoms with Gasteiger partial charge in [0.05, 0.1) is 6.04 Å². The molecule has 0 radical (unpaired) electrons. The van der Waals surface area contributed by atoms with E-state index < -0.39 is 0 Å². The Morgan fingerprint density at radius 2 is 2.09 bits per heavy atom. The van der Waals surface area contributed by atoms with Gasteiger partial charge in [-0.1, -0.05) is 13.3 Å². The Bertz CT molecular complexity index is 662. The fourth-order valence-electron chi connectivity index (χ4n) is 4.15. The Morgan fingerprint density at radius 1 is 1.22 bits per heavy atom. The molecule has 0 saturated carbocycles. The number of ether oxygens (including phenoxy) is 1. The third-order valence-electron chi connectivity index (χ3n) is 5.35. The topological polar surface area (TPSA) is 43.2 Å². The highest BCUT2D eigenvalue weighted by Crippen LogP contribution is 2.35. The van der Waals surface area contributed by atoms with Gasteiger partial charge in [-0.25, -0.2) is 9.97 Å². The number of nitrogens with zero attached hydrogens (tertiary/aromatic N) is 4. The summed E-state index contributed by atoms with van der Waals surface area (Å²) in [5, 5.41) is 0. The molecule has 124 valence electrons. The highest BCUT2D eigenvalue weighted by atomic mass is 16.5. The van der Waals surface area contributed by atoms with E-state index in [9.17, 15) is 0 Å². The second kappa shape index (κ2) is 6.57. The van der Waals surface area contributed by atoms with Crippen molar-refractivity contribution in [2.45, 2.75) is 51.1 Å². The van der Waals surface area contributed by atoms with E-state index in [-0.39, 0.29) is 0 Å². The summed E-state index contributed by atoms with van der Waals surface area (Å²) in [6, 6.07) is 5.00. The van der Waals surface area contributed by atoms with Gasteiger partial charge in [0, 0.05) is 25.5 Å². The number of piperidine rings is 1. The van der Waals surface area contributed by atoms with Gasteiger partial charge in [-0.3, -0.25) is 4.90 Å². The zero-order valence-corrected chi connectivity index (χ0v) is 13.9. The predicted molar refractivity (Wildman–Crippen MR) is 90.5 cm³/mol. The van der Waals surface area contributed by atoms with E-state index >= 15 is 0 Å². The number of likely N-dealkylation sites (tertiary alicyclic amines) is 1. The Morgan fingerprint density at radius 3 is 2.91 bits per heavy atom. The SMILES string of the molecule is CCN1CCCCC1c1nc2cccnc2n1C1CCOCC1. The first-order chi connectivity index (χ1) is 11.4. The average Bonchev–Trinajstić information content (AvgIpc) is 3.01. The van der Waals surface area contributed by atoms with Crippen molar-refractivity contribution in [3.05, 3.63) is 24.2 Å². The third kappa shape index (κ3) is 2.76. The minimum Gasteiger partial charge on any atom is -0.381 e. The van der Waals surface area contributed by atoms with Crippen molar-refractivity contribution < 1.29 is 4.74 Å². The Hall–Kier alpha value is -1.46. The van der Waals surface area contributed by atoms with Crippen LogP contribution in [0.3, 0.4) is 0 Å². The molecule has 0 bridgehead atoms. The summed E-state index contributed by atoms with van der Waals surface area (Å²) in [6.07, 6.45) is 7.83. The number of pyridine rings is 1. The molecule has 4 heterocycles. The Labute approximate surface area is 137 Å². The first-order valence-corrected chi connectivity index (χ1v) is 9.03. The second-order valence-electron chi connectivity index (χ2n) is 6.67. The van der Waals surface area contributed by atoms with Gasteiger partial charge in [-0.2, -0.15) is 0 Å². The zero-order chi connectivity index (χ0) is 15.6. The fraction of sp³-hybridized carbons (Fsp3) is 0.667. The van der Waals surface area contributed by atoms with Crippen molar-refractivity contribution in [1.29, 1.82) is 0 Å². The van der Waals surface area contributed by atoms with E-state index in [1.165, 1.54) is 31.6 Å². The van der Waals surface area contributed by atoms with Crippen molar-refractivity contribution in [3.8, 4) is 0 Å². The van der Waals surface area contributed by atoms with Crippen LogP contribution in [0.25, 0.3) is 11.2 Å². The van der Waals surface area contributed by atoms with Gasteiger partial charge in [0.25, 0.3) is 0 Å². The van der Waals surface area contributed by atoms with Crippen LogP contribution in [-0.4, -0.2) is 45.7 Å². The number of fused-ring (bicyclic) bond motifs is 1. The second-order valence-corrected chi connectivity index (χ2v) is 6.67. The lowest BCUT2D eigenvalue weighted by atomic mass is 10.0. The summed E-state index contributed by atoms with van der Waals surface area (Å²) in [7, 11) is 0. The van der Waals surface area contributed by atoms with E-state index in [2.05, 4.69) is 27.4 Å². The molecule has 2 fully saturated rings. The molecule has 23 heavy (non-hydrogen) atoms. The molecule has 5 nitrogen and oxygen atoms in total. The smallest absolute Gasteiger partial charge is 0.160 e. The van der Waals surface area contributed by atoms with Crippen molar-refractivity contribution >= 4 is 11.2 Å². The average molecular weight is 314 g/mol. The maximum absolute atomic E-state index is 5.57. The summed E-state index contributed by atoms with van der Waals surface area (Å²) in [5.74, 6) is 1.23. The van der Waals surface area contributed by atoms with E-state index in [0.717, 1.165) is 43.8 Å². The van der Waals surface area contributed by atoms with E-state index in [4.69, 9.17) is 9.72 Å². The maximum Gasteiger partial charge on any atom is 0.160 e. The van der Waals surface area contributed by atoms with E-state index in [1.807, 2.05) is 12.3 Å². The summed E-state index contributed by atoms with van der Waals surface area (Å²) in [6.45, 7) is 6.23. The zero-order valence-electron chi connectivity index (χ0n) is 13.9. The molecule has 0 aromatic carbocycles. The molecule has 0 N–H and O–H groups in total. The number of hydrogen-bond donors (Lipinski definition) is 0. The summed E-state index contributed by atoms with van der Waals surface area (Å²) in [4.78, 5) is 12.3. The van der Waals surface area contributed by atoms with Crippen LogP contribution in [0.15, 0.2) is 18.3 Å². The van der Waals surface area contributed by atoms with Crippen LogP contribution < -0.4 is 0 Å². The lowest BCUT2D eigenvalue weighted by Crippen LogP contribution is -2.35. The molecule has 2 aliphatic heterocycles.